The Morgan fingerprint density at radius 3 is 2.56 bits per heavy atom. The van der Waals surface area contributed by atoms with E-state index in [9.17, 15) is 0 Å². The highest BCUT2D eigenvalue weighted by molar-refractivity contribution is 5.59. The van der Waals surface area contributed by atoms with Gasteiger partial charge >= 0.3 is 0 Å². The van der Waals surface area contributed by atoms with Crippen LogP contribution in [0.1, 0.15) is 31.2 Å². The van der Waals surface area contributed by atoms with E-state index in [1.165, 1.54) is 12.8 Å². The summed E-state index contributed by atoms with van der Waals surface area (Å²) in [6.45, 7) is 7.02. The molecule has 0 radical (unpaired) electrons. The first-order valence-electron chi connectivity index (χ1n) is 5.95. The van der Waals surface area contributed by atoms with Crippen molar-refractivity contribution in [3.63, 3.8) is 0 Å². The minimum Gasteiger partial charge on any atom is -0.370 e. The second-order valence-corrected chi connectivity index (χ2v) is 4.44. The van der Waals surface area contributed by atoms with E-state index in [0.717, 1.165) is 29.6 Å². The summed E-state index contributed by atoms with van der Waals surface area (Å²) >= 11 is 0. The van der Waals surface area contributed by atoms with E-state index in [4.69, 9.17) is 0 Å². The Balaban J connectivity index is 2.35. The molecule has 1 heterocycles. The van der Waals surface area contributed by atoms with E-state index in [-0.39, 0.29) is 0 Å². The van der Waals surface area contributed by atoms with Crippen molar-refractivity contribution < 1.29 is 0 Å². The molecule has 2 rings (SSSR count). The second-order valence-electron chi connectivity index (χ2n) is 4.44. The van der Waals surface area contributed by atoms with Crippen LogP contribution in [0.15, 0.2) is 0 Å². The molecule has 0 saturated heterocycles. The van der Waals surface area contributed by atoms with E-state index in [1.807, 2.05) is 6.92 Å². The van der Waals surface area contributed by atoms with E-state index in [2.05, 4.69) is 41.1 Å². The fourth-order valence-corrected chi connectivity index (χ4v) is 1.93. The summed E-state index contributed by atoms with van der Waals surface area (Å²) in [5, 5.41) is 3.29. The van der Waals surface area contributed by atoms with Crippen molar-refractivity contribution in [2.24, 2.45) is 0 Å². The maximum atomic E-state index is 4.55. The van der Waals surface area contributed by atoms with Gasteiger partial charge in [-0.1, -0.05) is 0 Å². The Hall–Kier alpha value is -1.32. The van der Waals surface area contributed by atoms with Crippen molar-refractivity contribution in [2.75, 3.05) is 23.8 Å². The lowest BCUT2D eigenvalue weighted by atomic mass is 10.2. The second kappa shape index (κ2) is 4.28. The van der Waals surface area contributed by atoms with Crippen molar-refractivity contribution in [3.8, 4) is 0 Å². The lowest BCUT2D eigenvalue weighted by Crippen LogP contribution is -2.23. The minimum absolute atomic E-state index is 0.683. The van der Waals surface area contributed by atoms with E-state index in [1.54, 1.807) is 0 Å². The first-order valence-corrected chi connectivity index (χ1v) is 5.95. The van der Waals surface area contributed by atoms with Gasteiger partial charge in [0.25, 0.3) is 0 Å². The molecule has 0 spiro atoms. The van der Waals surface area contributed by atoms with Crippen molar-refractivity contribution in [1.82, 2.24) is 9.97 Å². The summed E-state index contributed by atoms with van der Waals surface area (Å²) in [6.07, 6.45) is 2.57. The van der Waals surface area contributed by atoms with E-state index < -0.39 is 0 Å². The molecule has 16 heavy (non-hydrogen) atoms. The highest BCUT2D eigenvalue weighted by atomic mass is 15.2. The van der Waals surface area contributed by atoms with Crippen LogP contribution in [0.25, 0.3) is 0 Å². The van der Waals surface area contributed by atoms with Crippen molar-refractivity contribution >= 4 is 11.6 Å². The van der Waals surface area contributed by atoms with Crippen molar-refractivity contribution in [2.45, 2.75) is 39.7 Å². The smallest absolute Gasteiger partial charge is 0.137 e. The molecular weight excluding hydrogens is 200 g/mol. The Bertz CT molecular complexity index is 385. The van der Waals surface area contributed by atoms with Crippen LogP contribution in [0, 0.1) is 13.8 Å². The Labute approximate surface area is 97.1 Å². The average Bonchev–Trinajstić information content (AvgIpc) is 3.06. The lowest BCUT2D eigenvalue weighted by Gasteiger charge is -2.21. The van der Waals surface area contributed by atoms with Crippen LogP contribution in [0.3, 0.4) is 0 Å². The molecule has 4 heteroatoms. The number of nitrogens with one attached hydrogen (secondary N) is 1. The number of hydrogen-bond acceptors (Lipinski definition) is 4. The topological polar surface area (TPSA) is 41.1 Å². The number of aryl methyl sites for hydroxylation is 1. The van der Waals surface area contributed by atoms with Gasteiger partial charge in [0.1, 0.15) is 17.5 Å². The van der Waals surface area contributed by atoms with E-state index in [0.29, 0.717) is 6.04 Å². The molecule has 1 saturated carbocycles. The van der Waals surface area contributed by atoms with Gasteiger partial charge in [-0.15, -0.1) is 0 Å². The van der Waals surface area contributed by atoms with Crippen LogP contribution in [0.2, 0.25) is 0 Å². The predicted molar refractivity (Wildman–Crippen MR) is 67.1 cm³/mol. The average molecular weight is 220 g/mol. The number of anilines is 2. The largest absolute Gasteiger partial charge is 0.370 e. The molecule has 88 valence electrons. The fraction of sp³-hybridized carbons (Fsp3) is 0.667. The van der Waals surface area contributed by atoms with Crippen LogP contribution in [0.4, 0.5) is 11.6 Å². The van der Waals surface area contributed by atoms with Gasteiger partial charge in [0.05, 0.1) is 0 Å². The van der Waals surface area contributed by atoms with Gasteiger partial charge in [-0.05, 0) is 33.6 Å². The molecule has 1 aromatic heterocycles. The third kappa shape index (κ3) is 2.10. The van der Waals surface area contributed by atoms with Gasteiger partial charge in [-0.25, -0.2) is 9.97 Å². The standard InChI is InChI=1S/C12H20N4/c1-5-13-11-8(2)12(15-9(3)14-11)16(4)10-6-7-10/h10H,5-7H2,1-4H3,(H,13,14,15). The number of rotatable bonds is 4. The van der Waals surface area contributed by atoms with Gasteiger partial charge in [-0.3, -0.25) is 0 Å². The van der Waals surface area contributed by atoms with Gasteiger partial charge < -0.3 is 10.2 Å². The summed E-state index contributed by atoms with van der Waals surface area (Å²) in [7, 11) is 2.13. The highest BCUT2D eigenvalue weighted by Crippen LogP contribution is 2.32. The van der Waals surface area contributed by atoms with Crippen LogP contribution in [0.5, 0.6) is 0 Å². The zero-order valence-electron chi connectivity index (χ0n) is 10.5. The maximum Gasteiger partial charge on any atom is 0.137 e. The SMILES string of the molecule is CCNc1nc(C)nc(N(C)C2CC2)c1C. The minimum atomic E-state index is 0.683. The maximum absolute atomic E-state index is 4.55. The molecule has 0 atom stereocenters. The first kappa shape index (κ1) is 11.2. The van der Waals surface area contributed by atoms with Crippen LogP contribution < -0.4 is 10.2 Å². The zero-order valence-corrected chi connectivity index (χ0v) is 10.5. The lowest BCUT2D eigenvalue weighted by molar-refractivity contribution is 0.864. The molecule has 0 bridgehead atoms. The van der Waals surface area contributed by atoms with Gasteiger partial charge in [0, 0.05) is 25.2 Å². The summed E-state index contributed by atoms with van der Waals surface area (Å²) in [5.41, 5.74) is 1.15. The number of hydrogen-bond donors (Lipinski definition) is 1. The van der Waals surface area contributed by atoms with Crippen LogP contribution in [-0.4, -0.2) is 29.6 Å². The molecule has 1 aromatic rings. The number of aromatic nitrogens is 2. The van der Waals surface area contributed by atoms with Crippen LogP contribution in [-0.2, 0) is 0 Å². The third-order valence-corrected chi connectivity index (χ3v) is 3.00. The fourth-order valence-electron chi connectivity index (χ4n) is 1.93. The van der Waals surface area contributed by atoms with Gasteiger partial charge in [0.15, 0.2) is 0 Å². The Morgan fingerprint density at radius 1 is 1.31 bits per heavy atom. The molecule has 0 aromatic carbocycles. The third-order valence-electron chi connectivity index (χ3n) is 3.00. The van der Waals surface area contributed by atoms with Gasteiger partial charge in [-0.2, -0.15) is 0 Å². The Morgan fingerprint density at radius 2 is 2.00 bits per heavy atom. The van der Waals surface area contributed by atoms with Crippen molar-refractivity contribution in [1.29, 1.82) is 0 Å². The highest BCUT2D eigenvalue weighted by Gasteiger charge is 2.28. The molecule has 1 aliphatic rings. The quantitative estimate of drug-likeness (QED) is 0.844. The molecule has 0 aliphatic heterocycles. The van der Waals surface area contributed by atoms with Gasteiger partial charge in [0.2, 0.25) is 0 Å². The molecule has 0 amide bonds. The molecule has 0 unspecified atom stereocenters. The number of nitrogens with zero attached hydrogens (tertiary/aromatic N) is 3. The molecule has 1 N–H and O–H groups in total. The summed E-state index contributed by atoms with van der Waals surface area (Å²) in [5.74, 6) is 2.88. The summed E-state index contributed by atoms with van der Waals surface area (Å²) in [4.78, 5) is 11.3. The first-order chi connectivity index (χ1) is 7.63. The molecule has 1 aliphatic carbocycles. The van der Waals surface area contributed by atoms with E-state index >= 15 is 0 Å². The molecule has 4 nitrogen and oxygen atoms in total. The van der Waals surface area contributed by atoms with Crippen LogP contribution >= 0.6 is 0 Å². The van der Waals surface area contributed by atoms with Crippen molar-refractivity contribution in [3.05, 3.63) is 11.4 Å². The predicted octanol–water partition coefficient (Wildman–Crippen LogP) is 2.12. The monoisotopic (exact) mass is 220 g/mol. The molecule has 1 fully saturated rings. The normalized spacial score (nSPS) is 15.0. The summed E-state index contributed by atoms with van der Waals surface area (Å²) < 4.78 is 0. The summed E-state index contributed by atoms with van der Waals surface area (Å²) in [6, 6.07) is 0.683. The zero-order chi connectivity index (χ0) is 11.7. The molecular formula is C12H20N4. The Kier molecular flexibility index (Phi) is 2.99.